The molecule has 2 aliphatic carbocycles. The molecule has 1 N–H and O–H groups in total. The third kappa shape index (κ3) is 3.17. The van der Waals surface area contributed by atoms with Crippen molar-refractivity contribution >= 4 is 11.8 Å². The molecule has 5 heteroatoms. The summed E-state index contributed by atoms with van der Waals surface area (Å²) < 4.78 is 10.6. The van der Waals surface area contributed by atoms with Gasteiger partial charge in [0.05, 0.1) is 12.7 Å². The minimum absolute atomic E-state index is 0.0153. The van der Waals surface area contributed by atoms with E-state index in [1.165, 1.54) is 7.11 Å². The van der Waals surface area contributed by atoms with Gasteiger partial charge in [0.2, 0.25) is 0 Å². The number of esters is 1. The van der Waals surface area contributed by atoms with Crippen LogP contribution in [-0.2, 0) is 22.6 Å². The van der Waals surface area contributed by atoms with Crippen LogP contribution in [0.4, 0.5) is 0 Å². The lowest BCUT2D eigenvalue weighted by Gasteiger charge is -2.32. The summed E-state index contributed by atoms with van der Waals surface area (Å²) in [6.07, 6.45) is 1.60. The summed E-state index contributed by atoms with van der Waals surface area (Å²) in [4.78, 5) is 25.3. The molecule has 0 aliphatic heterocycles. The Morgan fingerprint density at radius 1 is 1.14 bits per heavy atom. The minimum Gasteiger partial charge on any atom is -0.512 e. The maximum Gasteiger partial charge on any atom is 0.337 e. The third-order valence-electron chi connectivity index (χ3n) is 5.72. The predicted molar refractivity (Wildman–Crippen MR) is 103 cm³/mol. The fraction of sp³-hybridized carbons (Fsp3) is 0.304. The van der Waals surface area contributed by atoms with Crippen LogP contribution in [0.3, 0.4) is 0 Å². The smallest absolute Gasteiger partial charge is 0.337 e. The number of methoxy groups -OCH3 is 1. The summed E-state index contributed by atoms with van der Waals surface area (Å²) in [5.74, 6) is 0.136. The molecule has 28 heavy (non-hydrogen) atoms. The molecule has 0 bridgehead atoms. The van der Waals surface area contributed by atoms with Gasteiger partial charge in [-0.15, -0.1) is 0 Å². The van der Waals surface area contributed by atoms with Gasteiger partial charge in [-0.05, 0) is 42.5 Å². The van der Waals surface area contributed by atoms with E-state index in [0.29, 0.717) is 37.2 Å². The van der Waals surface area contributed by atoms with Crippen LogP contribution in [0.25, 0.3) is 0 Å². The number of ether oxygens (including phenoxy) is 2. The molecular formula is C23H22O5. The number of hydrogen-bond donors (Lipinski definition) is 1. The molecular weight excluding hydrogens is 356 g/mol. The summed E-state index contributed by atoms with van der Waals surface area (Å²) in [6.45, 7) is 0.433. The molecule has 0 radical (unpaired) electrons. The molecule has 0 heterocycles. The van der Waals surface area contributed by atoms with Crippen molar-refractivity contribution in [2.75, 3.05) is 7.11 Å². The van der Waals surface area contributed by atoms with Crippen LogP contribution in [-0.4, -0.2) is 24.0 Å². The van der Waals surface area contributed by atoms with E-state index < -0.39 is 11.4 Å². The van der Waals surface area contributed by atoms with Gasteiger partial charge in [-0.1, -0.05) is 36.4 Å². The number of allylic oxidation sites excluding steroid dienone is 1. The lowest BCUT2D eigenvalue weighted by Crippen LogP contribution is -2.33. The summed E-state index contributed by atoms with van der Waals surface area (Å²) in [5.41, 5.74) is 2.20. The number of aliphatic hydroxyl groups excluding tert-OH is 1. The van der Waals surface area contributed by atoms with E-state index in [-0.39, 0.29) is 23.5 Å². The Balaban J connectivity index is 1.55. The molecule has 2 aromatic carbocycles. The molecule has 2 aliphatic rings. The summed E-state index contributed by atoms with van der Waals surface area (Å²) >= 11 is 0. The van der Waals surface area contributed by atoms with Crippen LogP contribution in [0.2, 0.25) is 0 Å². The lowest BCUT2D eigenvalue weighted by molar-refractivity contribution is -0.136. The van der Waals surface area contributed by atoms with Gasteiger partial charge in [-0.25, -0.2) is 4.79 Å². The molecule has 0 amide bonds. The Morgan fingerprint density at radius 2 is 1.93 bits per heavy atom. The van der Waals surface area contributed by atoms with Gasteiger partial charge in [0, 0.05) is 17.4 Å². The Labute approximate surface area is 163 Å². The number of Topliss-reactive ketones (excluding diaryl/α,β-unsaturated/α-hetero) is 1. The van der Waals surface area contributed by atoms with Crippen molar-refractivity contribution in [2.24, 2.45) is 5.41 Å². The van der Waals surface area contributed by atoms with E-state index in [9.17, 15) is 14.7 Å². The Kier molecular flexibility index (Phi) is 4.67. The average Bonchev–Trinajstić information content (AvgIpc) is 3.00. The van der Waals surface area contributed by atoms with Crippen LogP contribution < -0.4 is 4.74 Å². The fourth-order valence-corrected chi connectivity index (χ4v) is 4.18. The van der Waals surface area contributed by atoms with Gasteiger partial charge in [-0.2, -0.15) is 0 Å². The zero-order chi connectivity index (χ0) is 19.7. The zero-order valence-corrected chi connectivity index (χ0v) is 15.7. The van der Waals surface area contributed by atoms with Crippen molar-refractivity contribution in [3.8, 4) is 5.75 Å². The number of aliphatic hydroxyl groups is 1. The third-order valence-corrected chi connectivity index (χ3v) is 5.72. The highest BCUT2D eigenvalue weighted by Crippen LogP contribution is 2.49. The normalized spacial score (nSPS) is 21.0. The molecule has 0 saturated heterocycles. The van der Waals surface area contributed by atoms with Crippen molar-refractivity contribution in [1.82, 2.24) is 0 Å². The van der Waals surface area contributed by atoms with E-state index in [4.69, 9.17) is 9.47 Å². The zero-order valence-electron chi connectivity index (χ0n) is 15.7. The van der Waals surface area contributed by atoms with E-state index >= 15 is 0 Å². The van der Waals surface area contributed by atoms with Crippen LogP contribution in [0.15, 0.2) is 59.9 Å². The van der Waals surface area contributed by atoms with Gasteiger partial charge >= 0.3 is 5.97 Å². The average molecular weight is 378 g/mol. The van der Waals surface area contributed by atoms with Crippen molar-refractivity contribution in [1.29, 1.82) is 0 Å². The maximum absolute atomic E-state index is 13.3. The quantitative estimate of drug-likeness (QED) is 0.809. The second-order valence-corrected chi connectivity index (χ2v) is 7.47. The number of carbonyl (C=O) groups is 2. The lowest BCUT2D eigenvalue weighted by atomic mass is 9.70. The second-order valence-electron chi connectivity index (χ2n) is 7.47. The molecule has 0 aromatic heterocycles. The highest BCUT2D eigenvalue weighted by Gasteiger charge is 2.49. The maximum atomic E-state index is 13.3. The van der Waals surface area contributed by atoms with Crippen molar-refractivity contribution < 1.29 is 24.2 Å². The minimum atomic E-state index is -0.684. The van der Waals surface area contributed by atoms with E-state index in [1.807, 2.05) is 42.5 Å². The fourth-order valence-electron chi connectivity index (χ4n) is 4.18. The van der Waals surface area contributed by atoms with Crippen molar-refractivity contribution in [3.05, 3.63) is 76.6 Å². The second kappa shape index (κ2) is 7.15. The molecule has 144 valence electrons. The van der Waals surface area contributed by atoms with Crippen molar-refractivity contribution in [2.45, 2.75) is 32.3 Å². The summed E-state index contributed by atoms with van der Waals surface area (Å²) in [6, 6.07) is 15.5. The van der Waals surface area contributed by atoms with Crippen LogP contribution in [0.1, 0.15) is 40.7 Å². The standard InChI is InChI=1S/C23H22O5/c1-27-22(26)19-13-23(10-9-20(19)24)12-16-7-8-17(11-18(16)21(23)25)28-14-15-5-3-2-4-6-15/h2-8,11,24H,9-10,12-14H2,1H3. The molecule has 0 fully saturated rings. The number of hydrogen-bond acceptors (Lipinski definition) is 5. The topological polar surface area (TPSA) is 72.8 Å². The van der Waals surface area contributed by atoms with E-state index in [0.717, 1.165) is 11.1 Å². The molecule has 5 nitrogen and oxygen atoms in total. The van der Waals surface area contributed by atoms with Crippen molar-refractivity contribution in [3.63, 3.8) is 0 Å². The Hall–Kier alpha value is -3.08. The molecule has 1 spiro atoms. The molecule has 0 saturated carbocycles. The number of carbonyl (C=O) groups excluding carboxylic acids is 2. The highest BCUT2D eigenvalue weighted by molar-refractivity contribution is 6.06. The van der Waals surface area contributed by atoms with Crippen LogP contribution in [0, 0.1) is 5.41 Å². The summed E-state index contributed by atoms with van der Waals surface area (Å²) in [7, 11) is 1.28. The van der Waals surface area contributed by atoms with Gasteiger partial charge in [-0.3, -0.25) is 4.79 Å². The summed E-state index contributed by atoms with van der Waals surface area (Å²) in [5, 5.41) is 10.1. The number of fused-ring (bicyclic) bond motifs is 1. The molecule has 1 unspecified atom stereocenters. The molecule has 1 atom stereocenters. The molecule has 2 aromatic rings. The van der Waals surface area contributed by atoms with Gasteiger partial charge in [0.1, 0.15) is 18.1 Å². The van der Waals surface area contributed by atoms with Gasteiger partial charge in [0.15, 0.2) is 5.78 Å². The Bertz CT molecular complexity index is 960. The van der Waals surface area contributed by atoms with Gasteiger partial charge in [0.25, 0.3) is 0 Å². The van der Waals surface area contributed by atoms with E-state index in [1.54, 1.807) is 6.07 Å². The Morgan fingerprint density at radius 3 is 2.68 bits per heavy atom. The van der Waals surface area contributed by atoms with Crippen LogP contribution in [0.5, 0.6) is 5.75 Å². The number of benzene rings is 2. The number of rotatable bonds is 4. The first-order chi connectivity index (χ1) is 13.5. The highest BCUT2D eigenvalue weighted by atomic mass is 16.5. The SMILES string of the molecule is COC(=O)C1=C(O)CCC2(C1)Cc1ccc(OCc3ccccc3)cc1C2=O. The predicted octanol–water partition coefficient (Wildman–Crippen LogP) is 4.16. The first kappa shape index (κ1) is 18.3. The van der Waals surface area contributed by atoms with Crippen LogP contribution >= 0.6 is 0 Å². The largest absolute Gasteiger partial charge is 0.512 e. The molecule has 4 rings (SSSR count). The number of ketones is 1. The van der Waals surface area contributed by atoms with Gasteiger partial charge < -0.3 is 14.6 Å². The monoisotopic (exact) mass is 378 g/mol. The first-order valence-electron chi connectivity index (χ1n) is 9.36. The van der Waals surface area contributed by atoms with E-state index in [2.05, 4.69) is 0 Å². The first-order valence-corrected chi connectivity index (χ1v) is 9.36.